The molecule has 5 nitrogen and oxygen atoms in total. The molecular weight excluding hydrogens is 352 g/mol. The Balaban J connectivity index is 1.75. The number of hydrogen-bond donors (Lipinski definition) is 0. The molecule has 1 aromatic carbocycles. The lowest BCUT2D eigenvalue weighted by molar-refractivity contribution is 0.0948. The molecule has 2 atom stereocenters. The van der Waals surface area contributed by atoms with E-state index in [1.807, 2.05) is 0 Å². The zero-order valence-electron chi connectivity index (χ0n) is 13.9. The maximum Gasteiger partial charge on any atom is 0.320 e. The van der Waals surface area contributed by atoms with Crippen LogP contribution in [0, 0.1) is 0 Å². The minimum Gasteiger partial charge on any atom is -0.457 e. The number of alkyl halides is 1. The largest absolute Gasteiger partial charge is 0.457 e. The van der Waals surface area contributed by atoms with Crippen molar-refractivity contribution in [2.24, 2.45) is 0 Å². The fourth-order valence-electron chi connectivity index (χ4n) is 2.40. The van der Waals surface area contributed by atoms with Crippen LogP contribution >= 0.6 is 11.6 Å². The van der Waals surface area contributed by atoms with Crippen LogP contribution in [0.25, 0.3) is 5.69 Å². The summed E-state index contributed by atoms with van der Waals surface area (Å²) in [6, 6.07) is 7.29. The first-order valence-corrected chi connectivity index (χ1v) is 8.19. The molecule has 0 bridgehead atoms. The second kappa shape index (κ2) is 7.09. The highest BCUT2D eigenvalue weighted by molar-refractivity contribution is 6.30. The highest BCUT2D eigenvalue weighted by Crippen LogP contribution is 2.40. The first-order chi connectivity index (χ1) is 11.9. The number of nitrogens with zero attached hydrogens (tertiary/aromatic N) is 3. The molecule has 0 radical (unpaired) electrons. The second-order valence-corrected chi connectivity index (χ2v) is 6.48. The molecule has 0 unspecified atom stereocenters. The molecule has 0 amide bonds. The summed E-state index contributed by atoms with van der Waals surface area (Å²) in [6.07, 6.45) is 0.852. The molecule has 134 valence electrons. The van der Waals surface area contributed by atoms with E-state index in [0.717, 1.165) is 5.69 Å². The predicted octanol–water partition coefficient (Wildman–Crippen LogP) is 4.06. The molecule has 1 aromatic heterocycles. The Kier molecular flexibility index (Phi) is 5.06. The smallest absolute Gasteiger partial charge is 0.320 e. The van der Waals surface area contributed by atoms with Crippen molar-refractivity contribution in [3.05, 3.63) is 47.0 Å². The topological polar surface area (TPSA) is 52.5 Å². The van der Waals surface area contributed by atoms with Gasteiger partial charge in [-0.1, -0.05) is 11.6 Å². The Morgan fingerprint density at radius 1 is 1.44 bits per heavy atom. The van der Waals surface area contributed by atoms with E-state index in [0.29, 0.717) is 11.6 Å². The van der Waals surface area contributed by atoms with Crippen molar-refractivity contribution in [3.63, 3.8) is 0 Å². The van der Waals surface area contributed by atoms with Gasteiger partial charge >= 0.3 is 6.01 Å². The molecule has 0 N–H and O–H groups in total. The summed E-state index contributed by atoms with van der Waals surface area (Å²) in [5.74, 6) is -0.505. The van der Waals surface area contributed by atoms with Gasteiger partial charge in [-0.05, 0) is 43.7 Å². The Hall–Kier alpha value is -1.99. The van der Waals surface area contributed by atoms with Gasteiger partial charge in [0.15, 0.2) is 0 Å². The Labute approximate surface area is 149 Å². The molecule has 0 aliphatic carbocycles. The SMILES string of the molecule is CC(CF)=C(F)C[C@]1([C@@H](C)Oc2ncnn2-c2ccc(Cl)cc2)CO1. The molecule has 25 heavy (non-hydrogen) atoms. The number of epoxide rings is 1. The summed E-state index contributed by atoms with van der Waals surface area (Å²) >= 11 is 5.89. The van der Waals surface area contributed by atoms with Crippen molar-refractivity contribution in [2.45, 2.75) is 32.0 Å². The number of halogens is 3. The molecule has 3 rings (SSSR count). The van der Waals surface area contributed by atoms with E-state index in [1.165, 1.54) is 17.9 Å². The van der Waals surface area contributed by atoms with Gasteiger partial charge in [-0.15, -0.1) is 0 Å². The monoisotopic (exact) mass is 369 g/mol. The van der Waals surface area contributed by atoms with Crippen LogP contribution in [-0.2, 0) is 4.74 Å². The predicted molar refractivity (Wildman–Crippen MR) is 89.5 cm³/mol. The highest BCUT2D eigenvalue weighted by Gasteiger charge is 2.52. The second-order valence-electron chi connectivity index (χ2n) is 6.04. The fourth-order valence-corrected chi connectivity index (χ4v) is 2.52. The molecule has 0 saturated carbocycles. The van der Waals surface area contributed by atoms with Gasteiger partial charge in [0.05, 0.1) is 12.3 Å². The van der Waals surface area contributed by atoms with Crippen LogP contribution in [0.4, 0.5) is 8.78 Å². The van der Waals surface area contributed by atoms with E-state index < -0.39 is 24.2 Å². The third kappa shape index (κ3) is 3.82. The van der Waals surface area contributed by atoms with Gasteiger partial charge in [0.25, 0.3) is 0 Å². The van der Waals surface area contributed by atoms with Crippen LogP contribution in [0.1, 0.15) is 20.3 Å². The quantitative estimate of drug-likeness (QED) is 0.691. The van der Waals surface area contributed by atoms with Crippen molar-refractivity contribution >= 4 is 11.6 Å². The third-order valence-corrected chi connectivity index (χ3v) is 4.50. The number of rotatable bonds is 7. The molecular formula is C17H18ClF2N3O2. The lowest BCUT2D eigenvalue weighted by Gasteiger charge is -2.21. The molecule has 2 aromatic rings. The van der Waals surface area contributed by atoms with Gasteiger partial charge < -0.3 is 9.47 Å². The number of benzene rings is 1. The molecule has 0 spiro atoms. The van der Waals surface area contributed by atoms with Gasteiger partial charge in [-0.3, -0.25) is 0 Å². The fraction of sp³-hybridized carbons (Fsp3) is 0.412. The Morgan fingerprint density at radius 2 is 2.12 bits per heavy atom. The zero-order valence-corrected chi connectivity index (χ0v) is 14.6. The molecule has 1 aliphatic rings. The average molecular weight is 370 g/mol. The van der Waals surface area contributed by atoms with Crippen molar-refractivity contribution in [1.82, 2.24) is 14.8 Å². The van der Waals surface area contributed by atoms with Crippen LogP contribution in [0.5, 0.6) is 6.01 Å². The molecule has 1 fully saturated rings. The van der Waals surface area contributed by atoms with Crippen molar-refractivity contribution in [1.29, 1.82) is 0 Å². The molecule has 1 aliphatic heterocycles. The van der Waals surface area contributed by atoms with Gasteiger partial charge in [-0.2, -0.15) is 14.8 Å². The van der Waals surface area contributed by atoms with Crippen LogP contribution in [0.15, 0.2) is 42.0 Å². The van der Waals surface area contributed by atoms with Gasteiger partial charge in [-0.25, -0.2) is 8.78 Å². The van der Waals surface area contributed by atoms with Gasteiger partial charge in [0.2, 0.25) is 0 Å². The van der Waals surface area contributed by atoms with E-state index in [1.54, 1.807) is 31.2 Å². The maximum absolute atomic E-state index is 14.0. The van der Waals surface area contributed by atoms with Crippen LogP contribution < -0.4 is 4.74 Å². The maximum atomic E-state index is 14.0. The number of ether oxygens (including phenoxy) is 2. The minimum absolute atomic E-state index is 0.0288. The lowest BCUT2D eigenvalue weighted by Crippen LogP contribution is -2.33. The number of allylic oxidation sites excluding steroid dienone is 1. The minimum atomic E-state index is -0.817. The summed E-state index contributed by atoms with van der Waals surface area (Å²) in [7, 11) is 0. The number of aromatic nitrogens is 3. The van der Waals surface area contributed by atoms with Gasteiger partial charge in [0, 0.05) is 11.4 Å². The van der Waals surface area contributed by atoms with Crippen molar-refractivity contribution in [3.8, 4) is 11.7 Å². The molecule has 1 saturated heterocycles. The highest BCUT2D eigenvalue weighted by atomic mass is 35.5. The molecule has 2 heterocycles. The zero-order chi connectivity index (χ0) is 18.0. The normalized spacial score (nSPS) is 21.6. The Morgan fingerprint density at radius 3 is 2.72 bits per heavy atom. The lowest BCUT2D eigenvalue weighted by atomic mass is 9.98. The van der Waals surface area contributed by atoms with E-state index in [9.17, 15) is 8.78 Å². The van der Waals surface area contributed by atoms with E-state index in [4.69, 9.17) is 21.1 Å². The third-order valence-electron chi connectivity index (χ3n) is 4.24. The van der Waals surface area contributed by atoms with E-state index in [2.05, 4.69) is 10.1 Å². The average Bonchev–Trinajstić information content (AvgIpc) is 3.25. The van der Waals surface area contributed by atoms with Crippen LogP contribution in [-0.4, -0.2) is 39.8 Å². The first kappa shape index (κ1) is 17.8. The number of hydrogen-bond acceptors (Lipinski definition) is 4. The van der Waals surface area contributed by atoms with Crippen molar-refractivity contribution in [2.75, 3.05) is 13.3 Å². The van der Waals surface area contributed by atoms with E-state index in [-0.39, 0.29) is 18.0 Å². The Bertz CT molecular complexity index is 772. The summed E-state index contributed by atoms with van der Waals surface area (Å²) in [6.45, 7) is 2.72. The van der Waals surface area contributed by atoms with Crippen LogP contribution in [0.2, 0.25) is 5.02 Å². The summed E-state index contributed by atoms with van der Waals surface area (Å²) in [5, 5.41) is 4.74. The van der Waals surface area contributed by atoms with Crippen molar-refractivity contribution < 1.29 is 18.3 Å². The van der Waals surface area contributed by atoms with E-state index >= 15 is 0 Å². The summed E-state index contributed by atoms with van der Waals surface area (Å²) in [5.41, 5.74) is -0.00211. The summed E-state index contributed by atoms with van der Waals surface area (Å²) in [4.78, 5) is 4.10. The first-order valence-electron chi connectivity index (χ1n) is 7.82. The standard InChI is InChI=1S/C17H18ClF2N3O2/c1-11(8-19)15(20)7-17(9-24-17)12(2)25-16-21-10-22-23(16)14-5-3-13(18)4-6-14/h3-6,10,12H,7-9H2,1-2H3/t12-,17-/m1/s1. The summed E-state index contributed by atoms with van der Waals surface area (Å²) < 4.78 is 39.4. The van der Waals surface area contributed by atoms with Crippen LogP contribution in [0.3, 0.4) is 0 Å². The molecule has 8 heteroatoms. The van der Waals surface area contributed by atoms with Gasteiger partial charge in [0.1, 0.15) is 30.5 Å².